The summed E-state index contributed by atoms with van der Waals surface area (Å²) in [6.07, 6.45) is 4.48. The van der Waals surface area contributed by atoms with Crippen molar-refractivity contribution in [2.75, 3.05) is 5.32 Å². The molecule has 0 radical (unpaired) electrons. The number of hydrogen-bond donors (Lipinski definition) is 1. The Morgan fingerprint density at radius 2 is 1.83 bits per heavy atom. The normalized spacial score (nSPS) is 10.4. The van der Waals surface area contributed by atoms with E-state index in [0.29, 0.717) is 5.69 Å². The zero-order valence-electron chi connectivity index (χ0n) is 13.5. The molecule has 0 aliphatic rings. The average Bonchev–Trinajstić information content (AvgIpc) is 2.60. The van der Waals surface area contributed by atoms with Crippen LogP contribution in [0.15, 0.2) is 70.8 Å². The van der Waals surface area contributed by atoms with Crippen molar-refractivity contribution in [3.8, 4) is 0 Å². The summed E-state index contributed by atoms with van der Waals surface area (Å²) in [5.41, 5.74) is 3.56. The molecule has 1 heterocycles. The monoisotopic (exact) mass is 335 g/mol. The largest absolute Gasteiger partial charge is 0.321 e. The fourth-order valence-corrected chi connectivity index (χ4v) is 3.14. The van der Waals surface area contributed by atoms with Crippen LogP contribution in [0.4, 0.5) is 5.69 Å². The van der Waals surface area contributed by atoms with E-state index in [-0.39, 0.29) is 5.91 Å². The van der Waals surface area contributed by atoms with E-state index < -0.39 is 0 Å². The van der Waals surface area contributed by atoms with Gasteiger partial charge in [-0.2, -0.15) is 0 Å². The molecule has 2 aromatic carbocycles. The van der Waals surface area contributed by atoms with E-state index in [4.69, 9.17) is 0 Å². The zero-order valence-corrected chi connectivity index (χ0v) is 14.3. The highest BCUT2D eigenvalue weighted by molar-refractivity contribution is 7.99. The molecular formula is C19H17N3OS. The van der Waals surface area contributed by atoms with Crippen molar-refractivity contribution >= 4 is 23.4 Å². The minimum atomic E-state index is -0.266. The van der Waals surface area contributed by atoms with Crippen LogP contribution in [-0.2, 0) is 0 Å². The van der Waals surface area contributed by atoms with Gasteiger partial charge in [0, 0.05) is 27.9 Å². The number of nitrogens with one attached hydrogen (secondary N) is 1. The SMILES string of the molecule is Cc1ccc(Sc2ccc(NC(=O)c3cnccn3)cc2)c(C)c1. The van der Waals surface area contributed by atoms with Crippen LogP contribution in [0.2, 0.25) is 0 Å². The van der Waals surface area contributed by atoms with Gasteiger partial charge in [-0.25, -0.2) is 4.98 Å². The first-order valence-corrected chi connectivity index (χ1v) is 8.36. The highest BCUT2D eigenvalue weighted by atomic mass is 32.2. The number of aromatic nitrogens is 2. The van der Waals surface area contributed by atoms with Gasteiger partial charge in [0.2, 0.25) is 0 Å². The number of aryl methyl sites for hydroxylation is 2. The summed E-state index contributed by atoms with van der Waals surface area (Å²) in [6, 6.07) is 14.2. The van der Waals surface area contributed by atoms with Gasteiger partial charge in [-0.3, -0.25) is 9.78 Å². The smallest absolute Gasteiger partial charge is 0.275 e. The Hall–Kier alpha value is -2.66. The van der Waals surface area contributed by atoms with Gasteiger partial charge >= 0.3 is 0 Å². The van der Waals surface area contributed by atoms with Gasteiger partial charge in [0.1, 0.15) is 5.69 Å². The van der Waals surface area contributed by atoms with E-state index in [1.165, 1.54) is 34.6 Å². The van der Waals surface area contributed by atoms with Crippen molar-refractivity contribution in [2.45, 2.75) is 23.6 Å². The number of carbonyl (C=O) groups excluding carboxylic acids is 1. The number of carbonyl (C=O) groups is 1. The van der Waals surface area contributed by atoms with E-state index in [0.717, 1.165) is 10.6 Å². The lowest BCUT2D eigenvalue weighted by Gasteiger charge is -2.08. The number of benzene rings is 2. The first-order valence-electron chi connectivity index (χ1n) is 7.54. The van der Waals surface area contributed by atoms with E-state index in [2.05, 4.69) is 47.3 Å². The number of rotatable bonds is 4. The second-order valence-electron chi connectivity index (χ2n) is 5.44. The van der Waals surface area contributed by atoms with Crippen LogP contribution in [0.5, 0.6) is 0 Å². The molecule has 24 heavy (non-hydrogen) atoms. The zero-order chi connectivity index (χ0) is 16.9. The fourth-order valence-electron chi connectivity index (χ4n) is 2.26. The first kappa shape index (κ1) is 16.2. The van der Waals surface area contributed by atoms with Gasteiger partial charge in [0.25, 0.3) is 5.91 Å². The summed E-state index contributed by atoms with van der Waals surface area (Å²) in [5.74, 6) is -0.266. The van der Waals surface area contributed by atoms with Gasteiger partial charge in [0.05, 0.1) is 6.20 Å². The second-order valence-corrected chi connectivity index (χ2v) is 6.56. The Morgan fingerprint density at radius 3 is 2.50 bits per heavy atom. The topological polar surface area (TPSA) is 54.9 Å². The summed E-state index contributed by atoms with van der Waals surface area (Å²) in [4.78, 5) is 22.3. The van der Waals surface area contributed by atoms with E-state index in [1.807, 2.05) is 24.3 Å². The molecule has 0 saturated carbocycles. The van der Waals surface area contributed by atoms with Crippen molar-refractivity contribution < 1.29 is 4.79 Å². The average molecular weight is 335 g/mol. The standard InChI is InChI=1S/C19H17N3OS/c1-13-3-8-18(14(2)11-13)24-16-6-4-15(5-7-16)22-19(23)17-12-20-9-10-21-17/h3-12H,1-2H3,(H,22,23). The van der Waals surface area contributed by atoms with E-state index in [9.17, 15) is 4.79 Å². The van der Waals surface area contributed by atoms with Crippen LogP contribution >= 0.6 is 11.8 Å². The van der Waals surface area contributed by atoms with Gasteiger partial charge in [0.15, 0.2) is 0 Å². The van der Waals surface area contributed by atoms with Crippen LogP contribution in [0.25, 0.3) is 0 Å². The van der Waals surface area contributed by atoms with Crippen LogP contribution in [-0.4, -0.2) is 15.9 Å². The van der Waals surface area contributed by atoms with Gasteiger partial charge in [-0.1, -0.05) is 29.5 Å². The lowest BCUT2D eigenvalue weighted by Crippen LogP contribution is -2.13. The van der Waals surface area contributed by atoms with Gasteiger partial charge in [-0.15, -0.1) is 0 Å². The number of amides is 1. The van der Waals surface area contributed by atoms with Crippen molar-refractivity contribution in [1.29, 1.82) is 0 Å². The lowest BCUT2D eigenvalue weighted by atomic mass is 10.2. The third-order valence-corrected chi connectivity index (χ3v) is 4.65. The summed E-state index contributed by atoms with van der Waals surface area (Å²) >= 11 is 1.71. The Labute approximate surface area is 145 Å². The maximum atomic E-state index is 12.0. The summed E-state index contributed by atoms with van der Waals surface area (Å²) in [6.45, 7) is 4.21. The summed E-state index contributed by atoms with van der Waals surface area (Å²) in [5, 5.41) is 2.82. The molecule has 0 aliphatic carbocycles. The van der Waals surface area contributed by atoms with Crippen molar-refractivity contribution in [1.82, 2.24) is 9.97 Å². The molecule has 1 N–H and O–H groups in total. The maximum Gasteiger partial charge on any atom is 0.275 e. The number of anilines is 1. The summed E-state index contributed by atoms with van der Waals surface area (Å²) < 4.78 is 0. The molecule has 3 aromatic rings. The number of nitrogens with zero attached hydrogens (tertiary/aromatic N) is 2. The summed E-state index contributed by atoms with van der Waals surface area (Å²) in [7, 11) is 0. The number of hydrogen-bond acceptors (Lipinski definition) is 4. The predicted octanol–water partition coefficient (Wildman–Crippen LogP) is 4.50. The second kappa shape index (κ2) is 7.27. The Balaban J connectivity index is 1.68. The molecule has 0 fully saturated rings. The molecule has 4 nitrogen and oxygen atoms in total. The third kappa shape index (κ3) is 4.00. The molecule has 0 unspecified atom stereocenters. The quantitative estimate of drug-likeness (QED) is 0.763. The van der Waals surface area contributed by atoms with Gasteiger partial charge in [-0.05, 0) is 49.7 Å². The molecule has 0 aliphatic heterocycles. The molecule has 120 valence electrons. The minimum absolute atomic E-state index is 0.266. The molecule has 0 atom stereocenters. The van der Waals surface area contributed by atoms with E-state index in [1.54, 1.807) is 11.8 Å². The Morgan fingerprint density at radius 1 is 1.04 bits per heavy atom. The highest BCUT2D eigenvalue weighted by Crippen LogP contribution is 2.31. The van der Waals surface area contributed by atoms with Crippen molar-refractivity contribution in [2.24, 2.45) is 0 Å². The molecule has 1 amide bonds. The van der Waals surface area contributed by atoms with Crippen molar-refractivity contribution in [3.05, 3.63) is 77.9 Å². The molecule has 1 aromatic heterocycles. The predicted molar refractivity (Wildman–Crippen MR) is 96.5 cm³/mol. The lowest BCUT2D eigenvalue weighted by molar-refractivity contribution is 0.102. The molecule has 0 saturated heterocycles. The molecule has 0 bridgehead atoms. The van der Waals surface area contributed by atoms with Crippen LogP contribution in [0.3, 0.4) is 0 Å². The van der Waals surface area contributed by atoms with Gasteiger partial charge < -0.3 is 5.32 Å². The van der Waals surface area contributed by atoms with Crippen LogP contribution in [0, 0.1) is 13.8 Å². The highest BCUT2D eigenvalue weighted by Gasteiger charge is 2.07. The van der Waals surface area contributed by atoms with Crippen LogP contribution in [0.1, 0.15) is 21.6 Å². The Kier molecular flexibility index (Phi) is 4.91. The minimum Gasteiger partial charge on any atom is -0.321 e. The van der Waals surface area contributed by atoms with Crippen molar-refractivity contribution in [3.63, 3.8) is 0 Å². The first-order chi connectivity index (χ1) is 11.6. The molecular weight excluding hydrogens is 318 g/mol. The molecule has 3 rings (SSSR count). The third-order valence-electron chi connectivity index (χ3n) is 3.47. The van der Waals surface area contributed by atoms with E-state index >= 15 is 0 Å². The fraction of sp³-hybridized carbons (Fsp3) is 0.105. The Bertz CT molecular complexity index is 848. The molecule has 5 heteroatoms. The van der Waals surface area contributed by atoms with Crippen LogP contribution < -0.4 is 5.32 Å². The molecule has 0 spiro atoms. The maximum absolute atomic E-state index is 12.0.